The molecule has 0 bridgehead atoms. The summed E-state index contributed by atoms with van der Waals surface area (Å²) in [6, 6.07) is 11.9. The van der Waals surface area contributed by atoms with Gasteiger partial charge in [0.05, 0.1) is 5.60 Å². The Morgan fingerprint density at radius 3 is 2.50 bits per heavy atom. The SMILES string of the molecule is CC1(C)OC1c1cc(-c2ccccc2)on1. The van der Waals surface area contributed by atoms with Gasteiger partial charge in [0.1, 0.15) is 11.8 Å². The molecule has 3 nitrogen and oxygen atoms in total. The molecule has 1 atom stereocenters. The molecule has 1 aliphatic rings. The summed E-state index contributed by atoms with van der Waals surface area (Å²) in [4.78, 5) is 0. The summed E-state index contributed by atoms with van der Waals surface area (Å²) >= 11 is 0. The average Bonchev–Trinajstić information content (AvgIpc) is 2.76. The molecule has 0 spiro atoms. The van der Waals surface area contributed by atoms with Gasteiger partial charge in [0.25, 0.3) is 0 Å². The number of benzene rings is 1. The molecule has 0 N–H and O–H groups in total. The second kappa shape index (κ2) is 3.19. The Kier molecular flexibility index (Phi) is 1.91. The Morgan fingerprint density at radius 1 is 1.19 bits per heavy atom. The molecule has 0 saturated carbocycles. The molecule has 1 aromatic carbocycles. The highest BCUT2D eigenvalue weighted by Crippen LogP contribution is 2.48. The molecule has 1 saturated heterocycles. The quantitative estimate of drug-likeness (QED) is 0.722. The molecule has 1 fully saturated rings. The van der Waals surface area contributed by atoms with Crippen LogP contribution >= 0.6 is 0 Å². The van der Waals surface area contributed by atoms with Crippen LogP contribution in [0.15, 0.2) is 40.9 Å². The van der Waals surface area contributed by atoms with Crippen molar-refractivity contribution in [3.8, 4) is 11.3 Å². The first kappa shape index (κ1) is 9.60. The Morgan fingerprint density at radius 2 is 1.88 bits per heavy atom. The summed E-state index contributed by atoms with van der Waals surface area (Å²) in [5, 5.41) is 4.05. The van der Waals surface area contributed by atoms with Crippen molar-refractivity contribution in [2.45, 2.75) is 25.6 Å². The van der Waals surface area contributed by atoms with E-state index in [9.17, 15) is 0 Å². The standard InChI is InChI=1S/C13H13NO2/c1-13(2)12(15-13)10-8-11(16-14-10)9-6-4-3-5-7-9/h3-8,12H,1-2H3. The fraction of sp³-hybridized carbons (Fsp3) is 0.308. The Hall–Kier alpha value is -1.61. The third kappa shape index (κ3) is 1.53. The van der Waals surface area contributed by atoms with E-state index in [0.29, 0.717) is 0 Å². The smallest absolute Gasteiger partial charge is 0.167 e. The van der Waals surface area contributed by atoms with Crippen LogP contribution in [0.4, 0.5) is 0 Å². The number of ether oxygens (including phenoxy) is 1. The van der Waals surface area contributed by atoms with E-state index < -0.39 is 0 Å². The van der Waals surface area contributed by atoms with Gasteiger partial charge in [0.2, 0.25) is 0 Å². The maximum atomic E-state index is 5.52. The van der Waals surface area contributed by atoms with E-state index in [2.05, 4.69) is 19.0 Å². The zero-order valence-corrected chi connectivity index (χ0v) is 9.31. The van der Waals surface area contributed by atoms with Crippen LogP contribution in [0.1, 0.15) is 25.6 Å². The van der Waals surface area contributed by atoms with Crippen LogP contribution in [-0.2, 0) is 4.74 Å². The molecule has 0 aliphatic carbocycles. The lowest BCUT2D eigenvalue weighted by molar-refractivity contribution is 0.320. The van der Waals surface area contributed by atoms with Gasteiger partial charge < -0.3 is 9.26 Å². The maximum absolute atomic E-state index is 5.52. The second-order valence-electron chi connectivity index (χ2n) is 4.58. The number of epoxide rings is 1. The molecule has 3 rings (SSSR count). The predicted octanol–water partition coefficient (Wildman–Crippen LogP) is 3.19. The van der Waals surface area contributed by atoms with Gasteiger partial charge in [-0.3, -0.25) is 0 Å². The molecule has 16 heavy (non-hydrogen) atoms. The molecule has 0 radical (unpaired) electrons. The van der Waals surface area contributed by atoms with Gasteiger partial charge in [-0.05, 0) is 13.8 Å². The lowest BCUT2D eigenvalue weighted by Gasteiger charge is -1.91. The molecule has 2 heterocycles. The number of hydrogen-bond acceptors (Lipinski definition) is 3. The first-order valence-corrected chi connectivity index (χ1v) is 5.37. The van der Waals surface area contributed by atoms with E-state index in [1.165, 1.54) is 0 Å². The van der Waals surface area contributed by atoms with Crippen molar-refractivity contribution in [3.63, 3.8) is 0 Å². The highest BCUT2D eigenvalue weighted by Gasteiger charge is 2.50. The first-order valence-electron chi connectivity index (χ1n) is 5.37. The second-order valence-corrected chi connectivity index (χ2v) is 4.58. The van der Waals surface area contributed by atoms with Crippen molar-refractivity contribution in [3.05, 3.63) is 42.1 Å². The van der Waals surface area contributed by atoms with Gasteiger partial charge in [0, 0.05) is 11.6 Å². The monoisotopic (exact) mass is 215 g/mol. The van der Waals surface area contributed by atoms with E-state index in [0.717, 1.165) is 17.0 Å². The average molecular weight is 215 g/mol. The zero-order chi connectivity index (χ0) is 11.2. The van der Waals surface area contributed by atoms with Crippen molar-refractivity contribution in [2.75, 3.05) is 0 Å². The molecule has 1 aromatic heterocycles. The van der Waals surface area contributed by atoms with Gasteiger partial charge >= 0.3 is 0 Å². The number of aromatic nitrogens is 1. The third-order valence-electron chi connectivity index (χ3n) is 2.85. The largest absolute Gasteiger partial charge is 0.360 e. The van der Waals surface area contributed by atoms with Gasteiger partial charge in [-0.1, -0.05) is 35.5 Å². The van der Waals surface area contributed by atoms with Crippen molar-refractivity contribution in [1.29, 1.82) is 0 Å². The van der Waals surface area contributed by atoms with Gasteiger partial charge in [-0.25, -0.2) is 0 Å². The van der Waals surface area contributed by atoms with Crippen LogP contribution in [0.3, 0.4) is 0 Å². The molecule has 82 valence electrons. The maximum Gasteiger partial charge on any atom is 0.167 e. The molecular weight excluding hydrogens is 202 g/mol. The zero-order valence-electron chi connectivity index (χ0n) is 9.31. The number of hydrogen-bond donors (Lipinski definition) is 0. The van der Waals surface area contributed by atoms with Gasteiger partial charge in [-0.15, -0.1) is 0 Å². The van der Waals surface area contributed by atoms with Crippen LogP contribution < -0.4 is 0 Å². The number of nitrogens with zero attached hydrogens (tertiary/aromatic N) is 1. The molecule has 1 aliphatic heterocycles. The van der Waals surface area contributed by atoms with E-state index in [1.54, 1.807) is 0 Å². The molecular formula is C13H13NO2. The van der Waals surface area contributed by atoms with Crippen LogP contribution in [-0.4, -0.2) is 10.8 Å². The summed E-state index contributed by atoms with van der Waals surface area (Å²) in [6.45, 7) is 4.10. The van der Waals surface area contributed by atoms with Crippen LogP contribution in [0.5, 0.6) is 0 Å². The van der Waals surface area contributed by atoms with Gasteiger partial charge in [-0.2, -0.15) is 0 Å². The van der Waals surface area contributed by atoms with Crippen molar-refractivity contribution >= 4 is 0 Å². The van der Waals surface area contributed by atoms with E-state index in [1.807, 2.05) is 36.4 Å². The molecule has 1 unspecified atom stereocenters. The predicted molar refractivity (Wildman–Crippen MR) is 59.8 cm³/mol. The lowest BCUT2D eigenvalue weighted by atomic mass is 10.1. The third-order valence-corrected chi connectivity index (χ3v) is 2.85. The Balaban J connectivity index is 1.89. The molecule has 2 aromatic rings. The first-order chi connectivity index (χ1) is 7.67. The fourth-order valence-electron chi connectivity index (χ4n) is 1.84. The molecule has 3 heteroatoms. The topological polar surface area (TPSA) is 38.6 Å². The summed E-state index contributed by atoms with van der Waals surface area (Å²) in [6.07, 6.45) is 0.0775. The normalized spacial score (nSPS) is 22.0. The highest BCUT2D eigenvalue weighted by molar-refractivity contribution is 5.57. The minimum atomic E-state index is -0.0924. The Labute approximate surface area is 94.0 Å². The van der Waals surface area contributed by atoms with E-state index >= 15 is 0 Å². The van der Waals surface area contributed by atoms with E-state index in [4.69, 9.17) is 9.26 Å². The van der Waals surface area contributed by atoms with Crippen LogP contribution in [0.25, 0.3) is 11.3 Å². The summed E-state index contributed by atoms with van der Waals surface area (Å²) < 4.78 is 10.8. The van der Waals surface area contributed by atoms with Crippen molar-refractivity contribution in [2.24, 2.45) is 0 Å². The molecule has 0 amide bonds. The van der Waals surface area contributed by atoms with Crippen LogP contribution in [0.2, 0.25) is 0 Å². The lowest BCUT2D eigenvalue weighted by Crippen LogP contribution is -1.97. The van der Waals surface area contributed by atoms with Crippen molar-refractivity contribution < 1.29 is 9.26 Å². The summed E-state index contributed by atoms with van der Waals surface area (Å²) in [7, 11) is 0. The highest BCUT2D eigenvalue weighted by atomic mass is 16.6. The minimum Gasteiger partial charge on any atom is -0.360 e. The van der Waals surface area contributed by atoms with Crippen LogP contribution in [0, 0.1) is 0 Å². The van der Waals surface area contributed by atoms with Gasteiger partial charge in [0.15, 0.2) is 5.76 Å². The summed E-state index contributed by atoms with van der Waals surface area (Å²) in [5.74, 6) is 0.793. The number of rotatable bonds is 2. The Bertz CT molecular complexity index is 502. The summed E-state index contributed by atoms with van der Waals surface area (Å²) in [5.41, 5.74) is 1.83. The fourth-order valence-corrected chi connectivity index (χ4v) is 1.84. The van der Waals surface area contributed by atoms with Crippen molar-refractivity contribution in [1.82, 2.24) is 5.16 Å². The minimum absolute atomic E-state index is 0.0775. The van der Waals surface area contributed by atoms with E-state index in [-0.39, 0.29) is 11.7 Å².